The maximum atomic E-state index is 11.7. The lowest BCUT2D eigenvalue weighted by Crippen LogP contribution is -2.13. The third kappa shape index (κ3) is 3.80. The molecule has 44 valence electrons. The molecule has 0 unspecified atom stereocenters. The Balaban J connectivity index is 3.54. The minimum absolute atomic E-state index is 1.04. The summed E-state index contributed by atoms with van der Waals surface area (Å²) in [6.45, 7) is 0. The van der Waals surface area contributed by atoms with Crippen molar-refractivity contribution in [3.05, 3.63) is 0 Å². The molecule has 0 aliphatic heterocycles. The monoisotopic (exact) mass is 336 g/mol. The lowest BCUT2D eigenvalue weighted by atomic mass is 10.8. The fourth-order valence-corrected chi connectivity index (χ4v) is 0. The van der Waals surface area contributed by atoms with E-state index in [-0.39, 0.29) is 0 Å². The van der Waals surface area contributed by atoms with Crippen molar-refractivity contribution in [1.29, 1.82) is 0 Å². The zero-order valence-corrected chi connectivity index (χ0v) is 7.28. The van der Waals surface area contributed by atoms with Crippen LogP contribution in [0.5, 0.6) is 0 Å². The summed E-state index contributed by atoms with van der Waals surface area (Å²) in [5.74, 6) is 0. The summed E-state index contributed by atoms with van der Waals surface area (Å²) in [6, 6.07) is 0. The molecule has 0 atom stereocenters. The van der Waals surface area contributed by atoms with Gasteiger partial charge in [-0.2, -0.15) is 0 Å². The van der Waals surface area contributed by atoms with E-state index in [2.05, 4.69) is 0 Å². The van der Waals surface area contributed by atoms with E-state index in [0.29, 0.717) is 0 Å². The first kappa shape index (κ1) is 8.25. The summed E-state index contributed by atoms with van der Waals surface area (Å²) in [5, 5.41) is 0. The Morgan fingerprint density at radius 3 is 1.43 bits per heavy atom. The third-order valence-corrected chi connectivity index (χ3v) is 1.19. The quantitative estimate of drug-likeness (QED) is 0.510. The van der Waals surface area contributed by atoms with Crippen molar-refractivity contribution in [2.75, 3.05) is 0 Å². The first-order chi connectivity index (χ1) is 2.94. The summed E-state index contributed by atoms with van der Waals surface area (Å²) in [6.07, 6.45) is -2.89. The Morgan fingerprint density at radius 2 is 1.43 bits per heavy atom. The minimum atomic E-state index is -2.89. The summed E-state index contributed by atoms with van der Waals surface area (Å²) >= 11 is 2.07. The Labute approximate surface area is 66.1 Å². The number of hydrogen-bond donors (Lipinski definition) is 0. The van der Waals surface area contributed by atoms with E-state index in [1.807, 2.05) is 0 Å². The van der Waals surface area contributed by atoms with Crippen molar-refractivity contribution >= 4 is 45.2 Å². The molecule has 0 N–H and O–H groups in total. The molecule has 0 aromatic carbocycles. The van der Waals surface area contributed by atoms with E-state index < -0.39 is 8.11 Å². The molecule has 0 aromatic rings. The number of rotatable bonds is 1. The van der Waals surface area contributed by atoms with Crippen LogP contribution < -0.4 is 0 Å². The fourth-order valence-electron chi connectivity index (χ4n) is 0. The summed E-state index contributed by atoms with van der Waals surface area (Å²) < 4.78 is 31.6. The van der Waals surface area contributed by atoms with Gasteiger partial charge in [0.2, 0.25) is 0 Å². The van der Waals surface area contributed by atoms with Gasteiger partial charge in [0.15, 0.2) is 0 Å². The second kappa shape index (κ2) is 2.70. The zero-order valence-electron chi connectivity index (χ0n) is 2.97. The van der Waals surface area contributed by atoms with Crippen LogP contribution in [0.2, 0.25) is 0 Å². The van der Waals surface area contributed by atoms with E-state index in [0.717, 1.165) is 45.2 Å². The van der Waals surface area contributed by atoms with Crippen molar-refractivity contribution < 1.29 is 13.2 Å². The Bertz CT molecular complexity index is 56.4. The lowest BCUT2D eigenvalue weighted by Gasteiger charge is -2.05. The van der Waals surface area contributed by atoms with E-state index in [9.17, 15) is 13.2 Å². The van der Waals surface area contributed by atoms with Crippen molar-refractivity contribution in [2.24, 2.45) is 0 Å². The summed E-state index contributed by atoms with van der Waals surface area (Å²) in [4.78, 5) is 0. The van der Waals surface area contributed by atoms with E-state index in [4.69, 9.17) is 0 Å². The number of hydrogen-bond acceptors (Lipinski definition) is 0. The Morgan fingerprint density at radius 1 is 1.29 bits per heavy atom. The second-order valence-corrected chi connectivity index (χ2v) is 6.05. The molecule has 0 heterocycles. The predicted octanol–water partition coefficient (Wildman–Crippen LogP) is 2.74. The first-order valence-electron chi connectivity index (χ1n) is 1.29. The van der Waals surface area contributed by atoms with Gasteiger partial charge < -0.3 is 0 Å². The van der Waals surface area contributed by atoms with Crippen LogP contribution in [0.3, 0.4) is 0 Å². The molecule has 0 fully saturated rings. The molecule has 0 aliphatic rings. The molecular weight excluding hydrogens is 335 g/mol. The van der Waals surface area contributed by atoms with Gasteiger partial charge in [0, 0.05) is 0 Å². The normalized spacial score (nSPS) is 12.9. The highest BCUT2D eigenvalue weighted by molar-refractivity contribution is 14.2. The predicted molar refractivity (Wildman–Crippen MR) is 37.9 cm³/mol. The zero-order chi connectivity index (χ0) is 6.08. The standard InChI is InChI=1S/C2HF3I2/c3-1(4)2(5,6)7/h1H. The van der Waals surface area contributed by atoms with Gasteiger partial charge in [-0.05, 0) is 45.2 Å². The third-order valence-electron chi connectivity index (χ3n) is 0.247. The van der Waals surface area contributed by atoms with Crippen LogP contribution in [0.4, 0.5) is 13.2 Å². The number of alkyl halides is 5. The van der Waals surface area contributed by atoms with Crippen LogP contribution in [0, 0.1) is 0 Å². The fraction of sp³-hybridized carbons (Fsp3) is 1.00. The molecule has 0 nitrogen and oxygen atoms in total. The van der Waals surface area contributed by atoms with Crippen LogP contribution in [-0.2, 0) is 0 Å². The van der Waals surface area contributed by atoms with Gasteiger partial charge in [-0.1, -0.05) is 0 Å². The van der Waals surface area contributed by atoms with Crippen molar-refractivity contribution in [2.45, 2.75) is 8.11 Å². The molecule has 0 amide bonds. The van der Waals surface area contributed by atoms with Gasteiger partial charge in [-0.3, -0.25) is 0 Å². The van der Waals surface area contributed by atoms with Crippen molar-refractivity contribution in [3.63, 3.8) is 0 Å². The molecule has 0 aromatic heterocycles. The van der Waals surface area contributed by atoms with Gasteiger partial charge in [-0.25, -0.2) is 13.2 Å². The highest BCUT2D eigenvalue weighted by Gasteiger charge is 2.32. The summed E-state index contributed by atoms with van der Waals surface area (Å²) in [7, 11) is 0. The molecular formula is C2HF3I2. The maximum absolute atomic E-state index is 11.7. The van der Waals surface area contributed by atoms with Crippen LogP contribution in [-0.4, -0.2) is 8.11 Å². The topological polar surface area (TPSA) is 0 Å². The van der Waals surface area contributed by atoms with Gasteiger partial charge in [0.25, 0.3) is 8.11 Å². The SMILES string of the molecule is FC(F)C(F)(I)I. The average molecular weight is 336 g/mol. The molecule has 0 spiro atoms. The molecule has 0 rings (SSSR count). The van der Waals surface area contributed by atoms with Crippen molar-refractivity contribution in [3.8, 4) is 0 Å². The van der Waals surface area contributed by atoms with Crippen molar-refractivity contribution in [1.82, 2.24) is 0 Å². The first-order valence-corrected chi connectivity index (χ1v) is 3.45. The number of halogens is 5. The maximum Gasteiger partial charge on any atom is 0.290 e. The average Bonchev–Trinajstić information content (AvgIpc) is 1.31. The Kier molecular flexibility index (Phi) is 3.18. The Hall–Kier alpha value is 1.25. The molecule has 0 saturated carbocycles. The van der Waals surface area contributed by atoms with Crippen LogP contribution in [0.1, 0.15) is 0 Å². The summed E-state index contributed by atoms with van der Waals surface area (Å²) in [5.41, 5.74) is 0. The second-order valence-electron chi connectivity index (χ2n) is 0.842. The van der Waals surface area contributed by atoms with Crippen LogP contribution in [0.15, 0.2) is 0 Å². The molecule has 0 radical (unpaired) electrons. The van der Waals surface area contributed by atoms with Gasteiger partial charge in [0.05, 0.1) is 0 Å². The van der Waals surface area contributed by atoms with Gasteiger partial charge in [0.1, 0.15) is 0 Å². The molecule has 0 saturated heterocycles. The minimum Gasteiger partial charge on any atom is -0.214 e. The smallest absolute Gasteiger partial charge is 0.214 e. The van der Waals surface area contributed by atoms with E-state index in [1.54, 1.807) is 0 Å². The molecule has 7 heavy (non-hydrogen) atoms. The van der Waals surface area contributed by atoms with Crippen LogP contribution >= 0.6 is 45.2 Å². The largest absolute Gasteiger partial charge is 0.290 e. The van der Waals surface area contributed by atoms with Gasteiger partial charge in [-0.15, -0.1) is 0 Å². The molecule has 5 heteroatoms. The molecule has 0 aliphatic carbocycles. The molecule has 0 bridgehead atoms. The van der Waals surface area contributed by atoms with E-state index >= 15 is 0 Å². The highest BCUT2D eigenvalue weighted by Crippen LogP contribution is 2.35. The highest BCUT2D eigenvalue weighted by atomic mass is 127. The van der Waals surface area contributed by atoms with Crippen LogP contribution in [0.25, 0.3) is 0 Å². The lowest BCUT2D eigenvalue weighted by molar-refractivity contribution is 0.0951. The van der Waals surface area contributed by atoms with Gasteiger partial charge >= 0.3 is 0 Å². The van der Waals surface area contributed by atoms with E-state index in [1.165, 1.54) is 0 Å².